The van der Waals surface area contributed by atoms with Gasteiger partial charge in [-0.3, -0.25) is 5.41 Å². The molecule has 0 aliphatic carbocycles. The SMILES string of the molecule is COc1ccc(S(=O)(=O)c2ccc(Oc3ccc4cc(C(=N)N)ccc4c3)c(-c3cccc(N)c3C(=O)O)c2)cc1F. The molecule has 0 saturated carbocycles. The molecule has 0 fully saturated rings. The predicted molar refractivity (Wildman–Crippen MR) is 157 cm³/mol. The highest BCUT2D eigenvalue weighted by atomic mass is 32.2. The second-order valence-corrected chi connectivity index (χ2v) is 11.2. The van der Waals surface area contributed by atoms with Crippen LogP contribution >= 0.6 is 0 Å². The van der Waals surface area contributed by atoms with Crippen LogP contribution in [0.1, 0.15) is 15.9 Å². The van der Waals surface area contributed by atoms with Crippen LogP contribution in [-0.4, -0.2) is 32.4 Å². The first kappa shape index (κ1) is 28.1. The van der Waals surface area contributed by atoms with Gasteiger partial charge in [0.1, 0.15) is 17.3 Å². The summed E-state index contributed by atoms with van der Waals surface area (Å²) in [5.41, 5.74) is 12.2. The number of carboxylic acids is 1. The number of methoxy groups -OCH3 is 1. The van der Waals surface area contributed by atoms with Crippen molar-refractivity contribution in [3.8, 4) is 28.4 Å². The molecule has 0 amide bonds. The Morgan fingerprint density at radius 2 is 1.52 bits per heavy atom. The minimum Gasteiger partial charge on any atom is -0.494 e. The number of aromatic carboxylic acids is 1. The van der Waals surface area contributed by atoms with Gasteiger partial charge in [0.15, 0.2) is 11.6 Å². The van der Waals surface area contributed by atoms with Gasteiger partial charge in [0.25, 0.3) is 0 Å². The second-order valence-electron chi connectivity index (χ2n) is 9.27. The van der Waals surface area contributed by atoms with Crippen molar-refractivity contribution >= 4 is 38.1 Å². The van der Waals surface area contributed by atoms with Crippen molar-refractivity contribution in [1.82, 2.24) is 0 Å². The Morgan fingerprint density at radius 1 is 0.857 bits per heavy atom. The molecule has 0 saturated heterocycles. The Morgan fingerprint density at radius 3 is 2.19 bits per heavy atom. The van der Waals surface area contributed by atoms with Crippen molar-refractivity contribution in [2.24, 2.45) is 5.73 Å². The summed E-state index contributed by atoms with van der Waals surface area (Å²) >= 11 is 0. The molecule has 0 spiro atoms. The number of nitrogen functional groups attached to an aromatic ring is 2. The number of nitrogens with two attached hydrogens (primary N) is 2. The zero-order chi connectivity index (χ0) is 30.2. The number of benzene rings is 5. The lowest BCUT2D eigenvalue weighted by Gasteiger charge is -2.16. The Labute approximate surface area is 240 Å². The van der Waals surface area contributed by atoms with Gasteiger partial charge in [0.2, 0.25) is 9.84 Å². The number of ether oxygens (including phenoxy) is 2. The standard InChI is InChI=1S/C31H24FN3O6S/c1-40-28-12-10-22(16-25(28)32)42(38,39)21-9-11-27(24(15-21)23-3-2-4-26(33)29(23)31(36)37)41-20-8-7-17-13-19(30(34)35)6-5-18(17)14-20/h2-16H,33H2,1H3,(H3,34,35)(H,36,37). The largest absolute Gasteiger partial charge is 0.494 e. The van der Waals surface area contributed by atoms with Crippen molar-refractivity contribution in [2.45, 2.75) is 9.79 Å². The number of amidine groups is 1. The Kier molecular flexibility index (Phi) is 7.27. The molecule has 11 heteroatoms. The average molecular weight is 586 g/mol. The van der Waals surface area contributed by atoms with Crippen LogP contribution in [-0.2, 0) is 9.84 Å². The topological polar surface area (TPSA) is 166 Å². The molecular formula is C31H24FN3O6S. The third-order valence-electron chi connectivity index (χ3n) is 6.65. The molecule has 0 heterocycles. The van der Waals surface area contributed by atoms with Crippen LogP contribution in [0.3, 0.4) is 0 Å². The molecule has 0 atom stereocenters. The molecule has 0 aromatic heterocycles. The number of anilines is 1. The van der Waals surface area contributed by atoms with E-state index < -0.39 is 21.6 Å². The zero-order valence-electron chi connectivity index (χ0n) is 22.1. The molecule has 0 aliphatic rings. The minimum atomic E-state index is -4.25. The van der Waals surface area contributed by atoms with Crippen LogP contribution in [0.2, 0.25) is 0 Å². The van der Waals surface area contributed by atoms with Crippen LogP contribution in [0.5, 0.6) is 17.2 Å². The Bertz CT molecular complexity index is 2010. The molecule has 6 N–H and O–H groups in total. The van der Waals surface area contributed by atoms with Crippen molar-refractivity contribution < 1.29 is 32.2 Å². The maximum absolute atomic E-state index is 14.4. The number of carboxylic acid groups (broad SMARTS) is 1. The zero-order valence-corrected chi connectivity index (χ0v) is 22.9. The van der Waals surface area contributed by atoms with Gasteiger partial charge in [-0.1, -0.05) is 30.3 Å². The molecule has 5 rings (SSSR count). The van der Waals surface area contributed by atoms with Crippen LogP contribution in [0.15, 0.2) is 101 Å². The third-order valence-corrected chi connectivity index (χ3v) is 8.40. The highest BCUT2D eigenvalue weighted by molar-refractivity contribution is 7.91. The quantitative estimate of drug-likeness (QED) is 0.100. The van der Waals surface area contributed by atoms with Crippen molar-refractivity contribution in [3.05, 3.63) is 108 Å². The number of hydrogen-bond donors (Lipinski definition) is 4. The molecular weight excluding hydrogens is 561 g/mol. The highest BCUT2D eigenvalue weighted by Gasteiger charge is 2.24. The summed E-state index contributed by atoms with van der Waals surface area (Å²) in [6.45, 7) is 0. The lowest BCUT2D eigenvalue weighted by molar-refractivity contribution is 0.0699. The molecule has 0 radical (unpaired) electrons. The van der Waals surface area contributed by atoms with E-state index in [0.29, 0.717) is 11.3 Å². The fourth-order valence-corrected chi connectivity index (χ4v) is 5.84. The highest BCUT2D eigenvalue weighted by Crippen LogP contribution is 2.40. The first-order valence-electron chi connectivity index (χ1n) is 12.4. The van der Waals surface area contributed by atoms with Gasteiger partial charge in [0, 0.05) is 22.4 Å². The Balaban J connectivity index is 1.66. The van der Waals surface area contributed by atoms with E-state index in [0.717, 1.165) is 16.8 Å². The lowest BCUT2D eigenvalue weighted by atomic mass is 9.97. The molecule has 9 nitrogen and oxygen atoms in total. The average Bonchev–Trinajstić information content (AvgIpc) is 2.96. The van der Waals surface area contributed by atoms with Gasteiger partial charge in [-0.15, -0.1) is 0 Å². The molecule has 212 valence electrons. The smallest absolute Gasteiger partial charge is 0.338 e. The van der Waals surface area contributed by atoms with Crippen LogP contribution in [0.25, 0.3) is 21.9 Å². The fourth-order valence-electron chi connectivity index (χ4n) is 4.54. The van der Waals surface area contributed by atoms with Gasteiger partial charge in [0.05, 0.1) is 22.5 Å². The molecule has 42 heavy (non-hydrogen) atoms. The number of carbonyl (C=O) groups is 1. The predicted octanol–water partition coefficient (Wildman–Crippen LogP) is 5.84. The summed E-state index contributed by atoms with van der Waals surface area (Å²) in [6.07, 6.45) is 0. The molecule has 0 unspecified atom stereocenters. The van der Waals surface area contributed by atoms with E-state index in [1.807, 2.05) is 0 Å². The fraction of sp³-hybridized carbons (Fsp3) is 0.0323. The summed E-state index contributed by atoms with van der Waals surface area (Å²) in [7, 11) is -2.98. The van der Waals surface area contributed by atoms with E-state index in [1.165, 1.54) is 49.6 Å². The Hall–Kier alpha value is -5.42. The van der Waals surface area contributed by atoms with Crippen LogP contribution in [0.4, 0.5) is 10.1 Å². The van der Waals surface area contributed by atoms with E-state index in [9.17, 15) is 22.7 Å². The molecule has 5 aromatic carbocycles. The van der Waals surface area contributed by atoms with Gasteiger partial charge in [-0.25, -0.2) is 17.6 Å². The lowest BCUT2D eigenvalue weighted by Crippen LogP contribution is -2.10. The van der Waals surface area contributed by atoms with E-state index in [2.05, 4.69) is 0 Å². The number of rotatable bonds is 8. The number of fused-ring (bicyclic) bond motifs is 1. The van der Waals surface area contributed by atoms with Gasteiger partial charge in [-0.05, 0) is 71.4 Å². The summed E-state index contributed by atoms with van der Waals surface area (Å²) in [5.74, 6) is -1.81. The van der Waals surface area contributed by atoms with Crippen LogP contribution < -0.4 is 20.9 Å². The van der Waals surface area contributed by atoms with Crippen LogP contribution in [0, 0.1) is 11.2 Å². The summed E-state index contributed by atoms with van der Waals surface area (Å²) < 4.78 is 52.5. The van der Waals surface area contributed by atoms with Gasteiger partial charge < -0.3 is 26.0 Å². The van der Waals surface area contributed by atoms with Crippen molar-refractivity contribution in [3.63, 3.8) is 0 Å². The maximum Gasteiger partial charge on any atom is 0.338 e. The van der Waals surface area contributed by atoms with E-state index in [-0.39, 0.29) is 49.5 Å². The molecule has 0 bridgehead atoms. The van der Waals surface area contributed by atoms with Crippen molar-refractivity contribution in [2.75, 3.05) is 12.8 Å². The summed E-state index contributed by atoms with van der Waals surface area (Å²) in [5, 5.41) is 19.2. The molecule has 0 aliphatic heterocycles. The van der Waals surface area contributed by atoms with E-state index >= 15 is 0 Å². The van der Waals surface area contributed by atoms with E-state index in [4.69, 9.17) is 26.4 Å². The first-order chi connectivity index (χ1) is 20.0. The first-order valence-corrected chi connectivity index (χ1v) is 13.9. The number of sulfone groups is 1. The summed E-state index contributed by atoms with van der Waals surface area (Å²) in [4.78, 5) is 11.7. The number of halogens is 1. The monoisotopic (exact) mass is 585 g/mol. The normalized spacial score (nSPS) is 11.3. The van der Waals surface area contributed by atoms with Gasteiger partial charge in [-0.2, -0.15) is 0 Å². The molecule has 5 aromatic rings. The minimum absolute atomic E-state index is 0.0246. The summed E-state index contributed by atoms with van der Waals surface area (Å²) in [6, 6.07) is 22.2. The van der Waals surface area contributed by atoms with Gasteiger partial charge >= 0.3 is 5.97 Å². The van der Waals surface area contributed by atoms with E-state index in [1.54, 1.807) is 42.5 Å². The number of hydrogen-bond acceptors (Lipinski definition) is 7. The second kappa shape index (κ2) is 10.9. The number of nitrogens with one attached hydrogen (secondary N) is 1. The maximum atomic E-state index is 14.4. The van der Waals surface area contributed by atoms with Crippen molar-refractivity contribution in [1.29, 1.82) is 5.41 Å². The third kappa shape index (κ3) is 5.20.